The third kappa shape index (κ3) is 4.52. The van der Waals surface area contributed by atoms with Crippen LogP contribution in [0.25, 0.3) is 0 Å². The second-order valence-electron chi connectivity index (χ2n) is 6.14. The lowest BCUT2D eigenvalue weighted by molar-refractivity contribution is -0.122. The van der Waals surface area contributed by atoms with Gasteiger partial charge in [0.05, 0.1) is 25.1 Å². The van der Waals surface area contributed by atoms with E-state index in [1.807, 2.05) is 6.07 Å². The zero-order valence-corrected chi connectivity index (χ0v) is 13.6. The van der Waals surface area contributed by atoms with E-state index in [-0.39, 0.29) is 18.0 Å². The molecule has 1 aromatic carbocycles. The average molecular weight is 326 g/mol. The number of carbonyl (C=O) groups is 1. The summed E-state index contributed by atoms with van der Waals surface area (Å²) in [5, 5.41) is 2.82. The standard InChI is InChI=1S/C18H22N4O2/c23-17-10-16(20-13-21-17)11-19-18(24)12-22-8-6-15(7-9-22)14-4-2-1-3-5-14/h1-5,10,13,15H,6-9,11-12H2,(H,19,24)(H,20,21,23). The molecule has 0 unspecified atom stereocenters. The molecule has 3 rings (SSSR count). The van der Waals surface area contributed by atoms with Crippen LogP contribution in [-0.2, 0) is 11.3 Å². The summed E-state index contributed by atoms with van der Waals surface area (Å²) in [7, 11) is 0. The van der Waals surface area contributed by atoms with Crippen LogP contribution < -0.4 is 10.9 Å². The van der Waals surface area contributed by atoms with Crippen LogP contribution in [-0.4, -0.2) is 40.4 Å². The van der Waals surface area contributed by atoms with Gasteiger partial charge in [-0.25, -0.2) is 4.98 Å². The van der Waals surface area contributed by atoms with E-state index in [1.165, 1.54) is 18.0 Å². The summed E-state index contributed by atoms with van der Waals surface area (Å²) in [6, 6.07) is 12.0. The quantitative estimate of drug-likeness (QED) is 0.867. The van der Waals surface area contributed by atoms with Crippen molar-refractivity contribution in [2.24, 2.45) is 0 Å². The van der Waals surface area contributed by atoms with Gasteiger partial charge in [-0.1, -0.05) is 30.3 Å². The Kier molecular flexibility index (Phi) is 5.38. The topological polar surface area (TPSA) is 78.1 Å². The molecule has 126 valence electrons. The lowest BCUT2D eigenvalue weighted by Gasteiger charge is -2.31. The van der Waals surface area contributed by atoms with E-state index < -0.39 is 0 Å². The van der Waals surface area contributed by atoms with E-state index in [4.69, 9.17) is 0 Å². The van der Waals surface area contributed by atoms with Crippen molar-refractivity contribution in [1.29, 1.82) is 0 Å². The molecule has 0 atom stereocenters. The third-order valence-electron chi connectivity index (χ3n) is 4.43. The Hall–Kier alpha value is -2.47. The second-order valence-corrected chi connectivity index (χ2v) is 6.14. The second kappa shape index (κ2) is 7.88. The van der Waals surface area contributed by atoms with E-state index in [2.05, 4.69) is 44.5 Å². The van der Waals surface area contributed by atoms with Crippen LogP contribution in [0.2, 0.25) is 0 Å². The maximum Gasteiger partial charge on any atom is 0.250 e. The van der Waals surface area contributed by atoms with Crippen molar-refractivity contribution in [3.8, 4) is 0 Å². The van der Waals surface area contributed by atoms with Crippen LogP contribution in [0.15, 0.2) is 47.5 Å². The Morgan fingerprint density at radius 1 is 1.25 bits per heavy atom. The van der Waals surface area contributed by atoms with Crippen molar-refractivity contribution in [3.05, 3.63) is 64.3 Å². The molecule has 6 heteroatoms. The van der Waals surface area contributed by atoms with Gasteiger partial charge in [0.25, 0.3) is 5.56 Å². The van der Waals surface area contributed by atoms with E-state index in [9.17, 15) is 9.59 Å². The first-order valence-electron chi connectivity index (χ1n) is 8.28. The first-order valence-corrected chi connectivity index (χ1v) is 8.28. The van der Waals surface area contributed by atoms with Crippen molar-refractivity contribution >= 4 is 5.91 Å². The normalized spacial score (nSPS) is 16.0. The molecule has 1 aromatic heterocycles. The highest BCUT2D eigenvalue weighted by atomic mass is 16.2. The van der Waals surface area contributed by atoms with Crippen molar-refractivity contribution in [2.75, 3.05) is 19.6 Å². The van der Waals surface area contributed by atoms with Crippen molar-refractivity contribution in [3.63, 3.8) is 0 Å². The van der Waals surface area contributed by atoms with Gasteiger partial charge in [-0.2, -0.15) is 0 Å². The van der Waals surface area contributed by atoms with Gasteiger partial charge >= 0.3 is 0 Å². The molecule has 0 bridgehead atoms. The molecular weight excluding hydrogens is 304 g/mol. The Morgan fingerprint density at radius 2 is 2.00 bits per heavy atom. The molecule has 1 amide bonds. The number of nitrogens with zero attached hydrogens (tertiary/aromatic N) is 2. The van der Waals surface area contributed by atoms with Crippen molar-refractivity contribution < 1.29 is 4.79 Å². The molecule has 2 N–H and O–H groups in total. The first-order chi connectivity index (χ1) is 11.7. The molecule has 2 heterocycles. The molecule has 1 aliphatic heterocycles. The summed E-state index contributed by atoms with van der Waals surface area (Å²) in [5.41, 5.74) is 1.74. The van der Waals surface area contributed by atoms with Gasteiger partial charge in [0.1, 0.15) is 0 Å². The van der Waals surface area contributed by atoms with E-state index in [0.717, 1.165) is 25.9 Å². The minimum absolute atomic E-state index is 0.0322. The van der Waals surface area contributed by atoms with Crippen LogP contribution in [0.4, 0.5) is 0 Å². The Morgan fingerprint density at radius 3 is 2.71 bits per heavy atom. The summed E-state index contributed by atoms with van der Waals surface area (Å²) in [5.74, 6) is 0.556. The van der Waals surface area contributed by atoms with Gasteiger partial charge in [0.2, 0.25) is 5.91 Å². The number of carbonyl (C=O) groups excluding carboxylic acids is 1. The number of aromatic amines is 1. The molecule has 24 heavy (non-hydrogen) atoms. The van der Waals surface area contributed by atoms with Crippen LogP contribution in [0.1, 0.15) is 30.0 Å². The Labute approximate surface area is 140 Å². The zero-order chi connectivity index (χ0) is 16.8. The molecule has 0 spiro atoms. The fourth-order valence-electron chi connectivity index (χ4n) is 3.10. The molecule has 2 aromatic rings. The SMILES string of the molecule is O=C(CN1CCC(c2ccccc2)CC1)NCc1cc(=O)[nH]cn1. The van der Waals surface area contributed by atoms with Crippen LogP contribution in [0.5, 0.6) is 0 Å². The number of aromatic nitrogens is 2. The van der Waals surface area contributed by atoms with Gasteiger partial charge in [0.15, 0.2) is 0 Å². The van der Waals surface area contributed by atoms with Gasteiger partial charge < -0.3 is 10.3 Å². The minimum Gasteiger partial charge on any atom is -0.349 e. The van der Waals surface area contributed by atoms with Crippen molar-refractivity contribution in [1.82, 2.24) is 20.2 Å². The van der Waals surface area contributed by atoms with Gasteiger partial charge in [-0.05, 0) is 37.4 Å². The summed E-state index contributed by atoms with van der Waals surface area (Å²) in [4.78, 5) is 31.9. The molecule has 1 aliphatic rings. The highest BCUT2D eigenvalue weighted by molar-refractivity contribution is 5.77. The van der Waals surface area contributed by atoms with E-state index in [0.29, 0.717) is 18.2 Å². The summed E-state index contributed by atoms with van der Waals surface area (Å²) in [6.07, 6.45) is 3.50. The number of rotatable bonds is 5. The number of nitrogens with one attached hydrogen (secondary N) is 2. The summed E-state index contributed by atoms with van der Waals surface area (Å²) < 4.78 is 0. The monoisotopic (exact) mass is 326 g/mol. The molecule has 1 fully saturated rings. The smallest absolute Gasteiger partial charge is 0.250 e. The lowest BCUT2D eigenvalue weighted by atomic mass is 9.89. The molecule has 6 nitrogen and oxygen atoms in total. The van der Waals surface area contributed by atoms with Gasteiger partial charge in [-0.3, -0.25) is 14.5 Å². The number of benzene rings is 1. The zero-order valence-electron chi connectivity index (χ0n) is 13.6. The van der Waals surface area contributed by atoms with Crippen LogP contribution in [0.3, 0.4) is 0 Å². The number of likely N-dealkylation sites (tertiary alicyclic amines) is 1. The summed E-state index contributed by atoms with van der Waals surface area (Å²) in [6.45, 7) is 2.53. The largest absolute Gasteiger partial charge is 0.349 e. The third-order valence-corrected chi connectivity index (χ3v) is 4.43. The molecule has 0 radical (unpaired) electrons. The average Bonchev–Trinajstić information content (AvgIpc) is 2.61. The highest BCUT2D eigenvalue weighted by Crippen LogP contribution is 2.27. The van der Waals surface area contributed by atoms with Gasteiger partial charge in [-0.15, -0.1) is 0 Å². The Balaban J connectivity index is 1.42. The fraction of sp³-hybridized carbons (Fsp3) is 0.389. The molecule has 1 saturated heterocycles. The minimum atomic E-state index is -0.211. The number of hydrogen-bond acceptors (Lipinski definition) is 4. The number of hydrogen-bond donors (Lipinski definition) is 2. The molecule has 0 aliphatic carbocycles. The number of amides is 1. The summed E-state index contributed by atoms with van der Waals surface area (Å²) >= 11 is 0. The van der Waals surface area contributed by atoms with Crippen molar-refractivity contribution in [2.45, 2.75) is 25.3 Å². The predicted molar refractivity (Wildman–Crippen MR) is 91.6 cm³/mol. The predicted octanol–water partition coefficient (Wildman–Crippen LogP) is 1.27. The van der Waals surface area contributed by atoms with Crippen LogP contribution >= 0.6 is 0 Å². The lowest BCUT2D eigenvalue weighted by Crippen LogP contribution is -2.41. The number of H-pyrrole nitrogens is 1. The van der Waals surface area contributed by atoms with E-state index in [1.54, 1.807) is 0 Å². The maximum atomic E-state index is 12.1. The number of piperidine rings is 1. The maximum absolute atomic E-state index is 12.1. The van der Waals surface area contributed by atoms with Crippen LogP contribution in [0, 0.1) is 0 Å². The molecular formula is C18H22N4O2. The Bertz CT molecular complexity index is 721. The first kappa shape index (κ1) is 16.4. The van der Waals surface area contributed by atoms with Gasteiger partial charge in [0, 0.05) is 6.07 Å². The van der Waals surface area contributed by atoms with E-state index >= 15 is 0 Å². The highest BCUT2D eigenvalue weighted by Gasteiger charge is 2.21. The molecule has 0 saturated carbocycles. The fourth-order valence-corrected chi connectivity index (χ4v) is 3.10.